The van der Waals surface area contributed by atoms with E-state index >= 15 is 0 Å². The molecule has 0 saturated heterocycles. The summed E-state index contributed by atoms with van der Waals surface area (Å²) in [5.74, 6) is -0.755. The van der Waals surface area contributed by atoms with Crippen LogP contribution in [0.4, 0.5) is 16.3 Å². The normalized spacial score (nSPS) is 14.3. The van der Waals surface area contributed by atoms with E-state index in [4.69, 9.17) is 11.6 Å². The highest BCUT2D eigenvalue weighted by molar-refractivity contribution is 6.31. The third kappa shape index (κ3) is 4.53. The van der Waals surface area contributed by atoms with Crippen molar-refractivity contribution in [1.82, 2.24) is 14.8 Å². The topological polar surface area (TPSA) is 71.8 Å². The monoisotopic (exact) mass is 495 g/mol. The number of hydrogen-bond donors (Lipinski definition) is 2. The van der Waals surface area contributed by atoms with E-state index < -0.39 is 11.7 Å². The first kappa shape index (κ1) is 23.5. The summed E-state index contributed by atoms with van der Waals surface area (Å²) in [5.41, 5.74) is 3.72. The second-order valence-electron chi connectivity index (χ2n) is 7.68. The number of carbonyl (C=O) groups excluding carboxylic acids is 1. The van der Waals surface area contributed by atoms with Crippen LogP contribution in [0.5, 0.6) is 0 Å². The highest BCUT2D eigenvalue weighted by Crippen LogP contribution is 2.36. The molecule has 1 amide bonds. The van der Waals surface area contributed by atoms with Crippen molar-refractivity contribution in [2.75, 3.05) is 10.6 Å². The van der Waals surface area contributed by atoms with E-state index in [0.29, 0.717) is 11.0 Å². The van der Waals surface area contributed by atoms with Crippen LogP contribution in [0.3, 0.4) is 0 Å². The van der Waals surface area contributed by atoms with Crippen LogP contribution in [0, 0.1) is 12.7 Å². The van der Waals surface area contributed by atoms with Gasteiger partial charge in [0.15, 0.2) is 0 Å². The average Bonchev–Trinajstić information content (AvgIpc) is 3.22. The van der Waals surface area contributed by atoms with Gasteiger partial charge < -0.3 is 5.32 Å². The lowest BCUT2D eigenvalue weighted by atomic mass is 10.0. The van der Waals surface area contributed by atoms with Crippen molar-refractivity contribution in [1.29, 1.82) is 0 Å². The van der Waals surface area contributed by atoms with Crippen LogP contribution in [0.15, 0.2) is 78.9 Å². The van der Waals surface area contributed by atoms with E-state index in [2.05, 4.69) is 20.7 Å². The number of fused-ring (bicyclic) bond motifs is 1. The molecule has 0 radical (unpaired) electrons. The molecule has 1 aliphatic rings. The molecule has 2 N–H and O–H groups in total. The fraction of sp³-hybridized carbons (Fsp3) is 0.0800. The second-order valence-corrected chi connectivity index (χ2v) is 8.08. The number of aryl methyl sites for hydroxylation is 1. The van der Waals surface area contributed by atoms with Gasteiger partial charge in [-0.05, 0) is 42.3 Å². The predicted molar refractivity (Wildman–Crippen MR) is 134 cm³/mol. The summed E-state index contributed by atoms with van der Waals surface area (Å²) in [4.78, 5) is 17.0. The van der Waals surface area contributed by atoms with Crippen LogP contribution in [0.1, 0.15) is 33.1 Å². The average molecular weight is 496 g/mol. The Bertz CT molecular complexity index is 1380. The first-order valence-electron chi connectivity index (χ1n) is 10.3. The third-order valence-electron chi connectivity index (χ3n) is 5.40. The quantitative estimate of drug-likeness (QED) is 0.358. The number of nitrogens with one attached hydrogen (secondary N) is 2. The molecule has 0 aliphatic carbocycles. The Morgan fingerprint density at radius 3 is 2.50 bits per heavy atom. The van der Waals surface area contributed by atoms with Crippen LogP contribution >= 0.6 is 24.0 Å². The molecule has 6 nitrogen and oxygen atoms in total. The van der Waals surface area contributed by atoms with Crippen molar-refractivity contribution < 1.29 is 9.18 Å². The molecular weight excluding hydrogens is 476 g/mol. The number of halogens is 3. The number of rotatable bonds is 4. The standard InChI is InChI=1S/C25H19ClFN5O.ClH/c1-15-10-12-16(13-11-15)21-14-22(17-6-2-4-8-19(17)26)32-25(28-21)30-24(31-32)29-23(33)18-7-3-5-9-20(18)27;/h2-14,22H,1H3,(H2,28,29,30,31,33);1H. The van der Waals surface area contributed by atoms with Gasteiger partial charge in [0.25, 0.3) is 11.9 Å². The number of aromatic nitrogens is 3. The number of hydrogen-bond acceptors (Lipinski definition) is 4. The zero-order valence-electron chi connectivity index (χ0n) is 18.0. The molecule has 9 heteroatoms. The molecule has 0 spiro atoms. The fourth-order valence-electron chi connectivity index (χ4n) is 3.70. The third-order valence-corrected chi connectivity index (χ3v) is 5.74. The van der Waals surface area contributed by atoms with Gasteiger partial charge in [0.1, 0.15) is 11.9 Å². The number of anilines is 2. The van der Waals surface area contributed by atoms with Gasteiger partial charge >= 0.3 is 0 Å². The maximum atomic E-state index is 14.0. The highest BCUT2D eigenvalue weighted by Gasteiger charge is 2.27. The van der Waals surface area contributed by atoms with Gasteiger partial charge in [-0.1, -0.05) is 71.8 Å². The molecule has 0 bridgehead atoms. The van der Waals surface area contributed by atoms with Crippen molar-refractivity contribution in [2.45, 2.75) is 13.0 Å². The Morgan fingerprint density at radius 1 is 1.06 bits per heavy atom. The lowest BCUT2D eigenvalue weighted by Gasteiger charge is -2.25. The van der Waals surface area contributed by atoms with Crippen molar-refractivity contribution in [3.63, 3.8) is 0 Å². The molecule has 4 aromatic rings. The Balaban J connectivity index is 0.00000274. The number of amides is 1. The minimum atomic E-state index is -0.628. The van der Waals surface area contributed by atoms with E-state index in [9.17, 15) is 9.18 Å². The summed E-state index contributed by atoms with van der Waals surface area (Å²) < 4.78 is 15.7. The lowest BCUT2D eigenvalue weighted by Crippen LogP contribution is -2.20. The maximum absolute atomic E-state index is 14.0. The number of nitrogens with zero attached hydrogens (tertiary/aromatic N) is 3. The minimum Gasteiger partial charge on any atom is -0.324 e. The molecule has 3 aromatic carbocycles. The molecule has 34 heavy (non-hydrogen) atoms. The molecule has 1 aliphatic heterocycles. The number of benzene rings is 3. The van der Waals surface area contributed by atoms with Crippen molar-refractivity contribution in [2.24, 2.45) is 0 Å². The molecule has 1 unspecified atom stereocenters. The smallest absolute Gasteiger partial charge is 0.261 e. The van der Waals surface area contributed by atoms with Crippen LogP contribution in [0.2, 0.25) is 5.02 Å². The second kappa shape index (κ2) is 9.67. The van der Waals surface area contributed by atoms with E-state index in [1.54, 1.807) is 10.7 Å². The van der Waals surface area contributed by atoms with Crippen molar-refractivity contribution in [3.8, 4) is 0 Å². The van der Waals surface area contributed by atoms with E-state index in [1.807, 2.05) is 61.5 Å². The van der Waals surface area contributed by atoms with Gasteiger partial charge in [-0.3, -0.25) is 10.1 Å². The SMILES string of the molecule is Cc1ccc(C2=CC(c3ccccc3Cl)n3nc(NC(=O)c4ccccc4F)nc3N2)cc1.Cl. The Hall–Kier alpha value is -3.68. The minimum absolute atomic E-state index is 0. The predicted octanol–water partition coefficient (Wildman–Crippen LogP) is 6.11. The van der Waals surface area contributed by atoms with E-state index in [0.717, 1.165) is 22.4 Å². The van der Waals surface area contributed by atoms with Gasteiger partial charge in [0, 0.05) is 10.7 Å². The first-order chi connectivity index (χ1) is 16.0. The molecule has 2 heterocycles. The molecule has 0 fully saturated rings. The summed E-state index contributed by atoms with van der Waals surface area (Å²) >= 11 is 6.50. The molecular formula is C25H20Cl2FN5O. The molecule has 0 saturated carbocycles. The number of carbonyl (C=O) groups is 1. The highest BCUT2D eigenvalue weighted by atomic mass is 35.5. The Labute approximate surface area is 206 Å². The first-order valence-corrected chi connectivity index (χ1v) is 10.7. The van der Waals surface area contributed by atoms with Gasteiger partial charge in [-0.2, -0.15) is 4.98 Å². The van der Waals surface area contributed by atoms with Crippen molar-refractivity contribution in [3.05, 3.63) is 112 Å². The van der Waals surface area contributed by atoms with Crippen molar-refractivity contribution >= 4 is 47.5 Å². The van der Waals surface area contributed by atoms with Gasteiger partial charge in [0.2, 0.25) is 5.95 Å². The maximum Gasteiger partial charge on any atom is 0.261 e. The molecule has 172 valence electrons. The van der Waals surface area contributed by atoms with E-state index in [1.165, 1.54) is 18.2 Å². The summed E-state index contributed by atoms with van der Waals surface area (Å²) in [7, 11) is 0. The van der Waals surface area contributed by atoms with Crippen LogP contribution in [-0.4, -0.2) is 20.7 Å². The summed E-state index contributed by atoms with van der Waals surface area (Å²) in [6.07, 6.45) is 2.01. The number of allylic oxidation sites excluding steroid dienone is 1. The van der Waals surface area contributed by atoms with Crippen LogP contribution in [-0.2, 0) is 0 Å². The van der Waals surface area contributed by atoms with Crippen LogP contribution < -0.4 is 10.6 Å². The molecule has 1 aromatic heterocycles. The lowest BCUT2D eigenvalue weighted by molar-refractivity contribution is 0.102. The summed E-state index contributed by atoms with van der Waals surface area (Å²) in [6, 6.07) is 21.0. The van der Waals surface area contributed by atoms with Gasteiger partial charge in [-0.15, -0.1) is 17.5 Å². The zero-order chi connectivity index (χ0) is 22.9. The summed E-state index contributed by atoms with van der Waals surface area (Å²) in [5, 5.41) is 10.9. The Kier molecular flexibility index (Phi) is 6.68. The Morgan fingerprint density at radius 2 is 1.76 bits per heavy atom. The largest absolute Gasteiger partial charge is 0.324 e. The summed E-state index contributed by atoms with van der Waals surface area (Å²) in [6.45, 7) is 2.03. The van der Waals surface area contributed by atoms with Crippen LogP contribution in [0.25, 0.3) is 5.70 Å². The van der Waals surface area contributed by atoms with Gasteiger partial charge in [0.05, 0.1) is 5.56 Å². The van der Waals surface area contributed by atoms with Gasteiger partial charge in [-0.25, -0.2) is 9.07 Å². The molecule has 1 atom stereocenters. The zero-order valence-corrected chi connectivity index (χ0v) is 19.6. The fourth-order valence-corrected chi connectivity index (χ4v) is 3.95. The van der Waals surface area contributed by atoms with E-state index in [-0.39, 0.29) is 30.0 Å². The molecule has 5 rings (SSSR count).